The Morgan fingerprint density at radius 1 is 1.31 bits per heavy atom. The predicted octanol–water partition coefficient (Wildman–Crippen LogP) is 4.68. The van der Waals surface area contributed by atoms with Crippen molar-refractivity contribution in [3.63, 3.8) is 0 Å². The third-order valence-electron chi connectivity index (χ3n) is 3.86. The summed E-state index contributed by atoms with van der Waals surface area (Å²) in [5.74, 6) is 1.40. The number of benzene rings is 1. The molecule has 0 radical (unpaired) electrons. The highest BCUT2D eigenvalue weighted by Crippen LogP contribution is 2.37. The zero-order valence-corrected chi connectivity index (χ0v) is 10.3. The van der Waals surface area contributed by atoms with Crippen LogP contribution in [0.2, 0.25) is 0 Å². The Morgan fingerprint density at radius 2 is 2.12 bits per heavy atom. The second-order valence-corrected chi connectivity index (χ2v) is 5.17. The second kappa shape index (κ2) is 4.99. The van der Waals surface area contributed by atoms with Crippen molar-refractivity contribution >= 4 is 0 Å². The van der Waals surface area contributed by atoms with Crippen LogP contribution in [0, 0.1) is 11.7 Å². The lowest BCUT2D eigenvalue weighted by Gasteiger charge is -2.28. The van der Waals surface area contributed by atoms with Gasteiger partial charge in [-0.15, -0.1) is 0 Å². The minimum absolute atomic E-state index is 0.0931. The highest BCUT2D eigenvalue weighted by molar-refractivity contribution is 5.31. The summed E-state index contributed by atoms with van der Waals surface area (Å²) in [4.78, 5) is 0. The molecule has 0 aliphatic heterocycles. The number of hydrogen-bond acceptors (Lipinski definition) is 0. The summed E-state index contributed by atoms with van der Waals surface area (Å²) < 4.78 is 13.2. The Bertz CT molecular complexity index is 356. The molecule has 88 valence electrons. The average molecular weight is 220 g/mol. The molecular formula is C15H21F. The molecule has 1 aliphatic rings. The average Bonchev–Trinajstić information content (AvgIpc) is 2.28. The Morgan fingerprint density at radius 3 is 2.81 bits per heavy atom. The van der Waals surface area contributed by atoms with E-state index in [1.165, 1.54) is 36.8 Å². The molecule has 1 aliphatic carbocycles. The van der Waals surface area contributed by atoms with Gasteiger partial charge in [0.25, 0.3) is 0 Å². The Kier molecular flexibility index (Phi) is 3.63. The van der Waals surface area contributed by atoms with Gasteiger partial charge in [-0.2, -0.15) is 0 Å². The topological polar surface area (TPSA) is 0 Å². The lowest BCUT2D eigenvalue weighted by Crippen LogP contribution is -2.13. The molecule has 0 nitrogen and oxygen atoms in total. The fraction of sp³-hybridized carbons (Fsp3) is 0.600. The molecule has 2 unspecified atom stereocenters. The summed E-state index contributed by atoms with van der Waals surface area (Å²) in [5, 5.41) is 0. The minimum Gasteiger partial charge on any atom is -0.207 e. The van der Waals surface area contributed by atoms with Crippen molar-refractivity contribution in [2.75, 3.05) is 0 Å². The lowest BCUT2D eigenvalue weighted by molar-refractivity contribution is 0.343. The summed E-state index contributed by atoms with van der Waals surface area (Å²) in [7, 11) is 0. The summed E-state index contributed by atoms with van der Waals surface area (Å²) in [5.41, 5.74) is 2.61. The van der Waals surface area contributed by atoms with Crippen LogP contribution in [0.3, 0.4) is 0 Å². The third kappa shape index (κ3) is 2.45. The molecule has 16 heavy (non-hydrogen) atoms. The van der Waals surface area contributed by atoms with Crippen molar-refractivity contribution in [1.29, 1.82) is 0 Å². The summed E-state index contributed by atoms with van der Waals surface area (Å²) in [6, 6.07) is 5.35. The summed E-state index contributed by atoms with van der Waals surface area (Å²) >= 11 is 0. The molecule has 0 saturated heterocycles. The molecule has 0 N–H and O–H groups in total. The Balaban J connectivity index is 2.24. The van der Waals surface area contributed by atoms with E-state index in [1.54, 1.807) is 12.1 Å². The molecule has 1 heteroatoms. The molecule has 1 aromatic rings. The molecule has 1 aromatic carbocycles. The van der Waals surface area contributed by atoms with Crippen molar-refractivity contribution in [2.24, 2.45) is 5.92 Å². The van der Waals surface area contributed by atoms with Crippen LogP contribution in [-0.2, 0) is 6.42 Å². The SMILES string of the molecule is CCc1cc(F)ccc1C1CCCC(C)C1. The number of aryl methyl sites for hydroxylation is 1. The fourth-order valence-electron chi connectivity index (χ4n) is 3.00. The van der Waals surface area contributed by atoms with E-state index in [4.69, 9.17) is 0 Å². The van der Waals surface area contributed by atoms with E-state index in [2.05, 4.69) is 13.8 Å². The van der Waals surface area contributed by atoms with E-state index in [-0.39, 0.29) is 5.82 Å². The predicted molar refractivity (Wildman–Crippen MR) is 66.2 cm³/mol. The number of hydrogen-bond donors (Lipinski definition) is 0. The molecule has 0 amide bonds. The molecule has 0 spiro atoms. The van der Waals surface area contributed by atoms with Gasteiger partial charge in [-0.05, 0) is 54.4 Å². The van der Waals surface area contributed by atoms with Crippen molar-refractivity contribution in [2.45, 2.75) is 51.9 Å². The molecule has 0 bridgehead atoms. The van der Waals surface area contributed by atoms with Crippen molar-refractivity contribution < 1.29 is 4.39 Å². The van der Waals surface area contributed by atoms with Crippen LogP contribution in [0.5, 0.6) is 0 Å². The zero-order valence-electron chi connectivity index (χ0n) is 10.3. The normalized spacial score (nSPS) is 25.7. The molecule has 0 aromatic heterocycles. The van der Waals surface area contributed by atoms with Crippen LogP contribution in [0.15, 0.2) is 18.2 Å². The van der Waals surface area contributed by atoms with Crippen LogP contribution in [0.4, 0.5) is 4.39 Å². The van der Waals surface area contributed by atoms with Gasteiger partial charge in [-0.3, -0.25) is 0 Å². The zero-order chi connectivity index (χ0) is 11.5. The van der Waals surface area contributed by atoms with Crippen molar-refractivity contribution in [1.82, 2.24) is 0 Å². The first-order valence-corrected chi connectivity index (χ1v) is 6.49. The van der Waals surface area contributed by atoms with Gasteiger partial charge in [-0.25, -0.2) is 4.39 Å². The van der Waals surface area contributed by atoms with Gasteiger partial charge in [-0.1, -0.05) is 32.8 Å². The Labute approximate surface area is 97.9 Å². The van der Waals surface area contributed by atoms with E-state index >= 15 is 0 Å². The first-order valence-electron chi connectivity index (χ1n) is 6.49. The first-order chi connectivity index (χ1) is 7.70. The van der Waals surface area contributed by atoms with Crippen LogP contribution >= 0.6 is 0 Å². The summed E-state index contributed by atoms with van der Waals surface area (Å²) in [6.07, 6.45) is 6.19. The van der Waals surface area contributed by atoms with Crippen LogP contribution in [-0.4, -0.2) is 0 Å². The number of halogens is 1. The maximum Gasteiger partial charge on any atom is 0.123 e. The second-order valence-electron chi connectivity index (χ2n) is 5.17. The molecule has 1 saturated carbocycles. The van der Waals surface area contributed by atoms with E-state index in [0.717, 1.165) is 12.3 Å². The Hall–Kier alpha value is -0.850. The highest BCUT2D eigenvalue weighted by Gasteiger charge is 2.22. The maximum absolute atomic E-state index is 13.2. The van der Waals surface area contributed by atoms with E-state index < -0.39 is 0 Å². The molecule has 2 atom stereocenters. The van der Waals surface area contributed by atoms with Crippen molar-refractivity contribution in [3.05, 3.63) is 35.1 Å². The smallest absolute Gasteiger partial charge is 0.123 e. The fourth-order valence-corrected chi connectivity index (χ4v) is 3.00. The largest absolute Gasteiger partial charge is 0.207 e. The van der Waals surface area contributed by atoms with Gasteiger partial charge < -0.3 is 0 Å². The number of rotatable bonds is 2. The standard InChI is InChI=1S/C15H21F/c1-3-12-10-14(16)7-8-15(12)13-6-4-5-11(2)9-13/h7-8,10-11,13H,3-6,9H2,1-2H3. The highest BCUT2D eigenvalue weighted by atomic mass is 19.1. The van der Waals surface area contributed by atoms with Crippen LogP contribution in [0.25, 0.3) is 0 Å². The monoisotopic (exact) mass is 220 g/mol. The molecule has 1 fully saturated rings. The first kappa shape index (κ1) is 11.6. The van der Waals surface area contributed by atoms with E-state index in [0.29, 0.717) is 5.92 Å². The van der Waals surface area contributed by atoms with E-state index in [1.807, 2.05) is 6.07 Å². The molecule has 2 rings (SSSR count). The molecule has 0 heterocycles. The van der Waals surface area contributed by atoms with Crippen LogP contribution in [0.1, 0.15) is 56.6 Å². The van der Waals surface area contributed by atoms with Gasteiger partial charge >= 0.3 is 0 Å². The van der Waals surface area contributed by atoms with Crippen molar-refractivity contribution in [3.8, 4) is 0 Å². The minimum atomic E-state index is -0.0931. The van der Waals surface area contributed by atoms with Gasteiger partial charge in [0, 0.05) is 0 Å². The molecular weight excluding hydrogens is 199 g/mol. The van der Waals surface area contributed by atoms with Gasteiger partial charge in [0.15, 0.2) is 0 Å². The van der Waals surface area contributed by atoms with Gasteiger partial charge in [0.1, 0.15) is 5.82 Å². The summed E-state index contributed by atoms with van der Waals surface area (Å²) in [6.45, 7) is 4.45. The lowest BCUT2D eigenvalue weighted by atomic mass is 9.77. The van der Waals surface area contributed by atoms with Gasteiger partial charge in [0.05, 0.1) is 0 Å². The quantitative estimate of drug-likeness (QED) is 0.678. The van der Waals surface area contributed by atoms with Crippen LogP contribution < -0.4 is 0 Å². The third-order valence-corrected chi connectivity index (χ3v) is 3.86. The maximum atomic E-state index is 13.2. The van der Waals surface area contributed by atoms with Gasteiger partial charge in [0.2, 0.25) is 0 Å². The van der Waals surface area contributed by atoms with E-state index in [9.17, 15) is 4.39 Å².